The molecule has 2 heterocycles. The summed E-state index contributed by atoms with van der Waals surface area (Å²) in [6, 6.07) is 1.14. The summed E-state index contributed by atoms with van der Waals surface area (Å²) in [6.45, 7) is 1.62. The van der Waals surface area contributed by atoms with E-state index in [9.17, 15) is 13.2 Å². The van der Waals surface area contributed by atoms with Gasteiger partial charge in [0.2, 0.25) is 10.0 Å². The number of hydrogen-bond donors (Lipinski definition) is 2. The van der Waals surface area contributed by atoms with Crippen molar-refractivity contribution in [3.8, 4) is 0 Å². The number of sulfonamides is 1. The Balaban J connectivity index is 2.04. The van der Waals surface area contributed by atoms with E-state index in [-0.39, 0.29) is 15.8 Å². The third-order valence-corrected chi connectivity index (χ3v) is 4.64. The predicted molar refractivity (Wildman–Crippen MR) is 70.8 cm³/mol. The highest BCUT2D eigenvalue weighted by atomic mass is 35.5. The number of aromatic nitrogens is 1. The zero-order valence-electron chi connectivity index (χ0n) is 10.2. The van der Waals surface area contributed by atoms with Gasteiger partial charge in [0, 0.05) is 19.3 Å². The van der Waals surface area contributed by atoms with Crippen LogP contribution < -0.4 is 10.3 Å². The largest absolute Gasteiger partial charge is 0.381 e. The topological polar surface area (TPSA) is 88.3 Å². The van der Waals surface area contributed by atoms with Gasteiger partial charge in [-0.1, -0.05) is 11.6 Å². The van der Waals surface area contributed by atoms with Gasteiger partial charge in [0.05, 0.1) is 11.5 Å². The van der Waals surface area contributed by atoms with Crippen LogP contribution in [0.25, 0.3) is 0 Å². The van der Waals surface area contributed by atoms with Gasteiger partial charge in [-0.05, 0) is 24.8 Å². The second kappa shape index (κ2) is 6.04. The Hall–Kier alpha value is -0.890. The Morgan fingerprint density at radius 3 is 2.95 bits per heavy atom. The first-order valence-corrected chi connectivity index (χ1v) is 7.81. The third kappa shape index (κ3) is 3.79. The number of nitrogens with one attached hydrogen (secondary N) is 2. The van der Waals surface area contributed by atoms with E-state index in [4.69, 9.17) is 16.3 Å². The van der Waals surface area contributed by atoms with Crippen molar-refractivity contribution in [1.82, 2.24) is 9.71 Å². The van der Waals surface area contributed by atoms with Gasteiger partial charge >= 0.3 is 0 Å². The van der Waals surface area contributed by atoms with Gasteiger partial charge in [0.15, 0.2) is 0 Å². The van der Waals surface area contributed by atoms with Gasteiger partial charge in [-0.25, -0.2) is 13.1 Å². The van der Waals surface area contributed by atoms with Crippen molar-refractivity contribution < 1.29 is 13.2 Å². The highest BCUT2D eigenvalue weighted by Crippen LogP contribution is 2.14. The fourth-order valence-corrected chi connectivity index (χ4v) is 3.22. The molecule has 8 heteroatoms. The smallest absolute Gasteiger partial charge is 0.266 e. The summed E-state index contributed by atoms with van der Waals surface area (Å²) in [7, 11) is -3.66. The van der Waals surface area contributed by atoms with Crippen LogP contribution in [0.3, 0.4) is 0 Å². The molecule has 2 N–H and O–H groups in total. The molecule has 6 nitrogen and oxygen atoms in total. The third-order valence-electron chi connectivity index (χ3n) is 2.96. The molecule has 0 amide bonds. The highest BCUT2D eigenvalue weighted by Gasteiger charge is 2.19. The molecule has 19 heavy (non-hydrogen) atoms. The van der Waals surface area contributed by atoms with Crippen LogP contribution in [-0.4, -0.2) is 33.2 Å². The lowest BCUT2D eigenvalue weighted by Gasteiger charge is -2.22. The van der Waals surface area contributed by atoms with E-state index in [0.717, 1.165) is 31.7 Å². The molecule has 0 aromatic carbocycles. The quantitative estimate of drug-likeness (QED) is 0.858. The maximum atomic E-state index is 12.0. The molecule has 0 aliphatic carbocycles. The molecule has 0 saturated carbocycles. The molecule has 1 aliphatic rings. The summed E-state index contributed by atoms with van der Waals surface area (Å²) >= 11 is 5.61. The number of H-pyrrole nitrogens is 1. The normalized spacial score (nSPS) is 20.4. The van der Waals surface area contributed by atoms with E-state index in [1.807, 2.05) is 0 Å². The van der Waals surface area contributed by atoms with Crippen LogP contribution in [-0.2, 0) is 14.8 Å². The van der Waals surface area contributed by atoms with Crippen molar-refractivity contribution in [1.29, 1.82) is 0 Å². The van der Waals surface area contributed by atoms with E-state index in [1.54, 1.807) is 0 Å². The molecule has 106 valence electrons. The molecular weight excluding hydrogens is 292 g/mol. The molecule has 1 aromatic heterocycles. The first-order chi connectivity index (χ1) is 8.99. The van der Waals surface area contributed by atoms with E-state index < -0.39 is 15.6 Å². The van der Waals surface area contributed by atoms with E-state index >= 15 is 0 Å². The maximum Gasteiger partial charge on any atom is 0.266 e. The summed E-state index contributed by atoms with van der Waals surface area (Å²) in [6.07, 6.45) is 3.01. The number of halogens is 1. The number of pyridine rings is 1. The zero-order chi connectivity index (χ0) is 13.9. The molecule has 1 unspecified atom stereocenters. The molecule has 1 fully saturated rings. The highest BCUT2D eigenvalue weighted by molar-refractivity contribution is 7.89. The van der Waals surface area contributed by atoms with Gasteiger partial charge in [0.25, 0.3) is 5.56 Å². The molecule has 1 saturated heterocycles. The van der Waals surface area contributed by atoms with Crippen molar-refractivity contribution in [3.63, 3.8) is 0 Å². The van der Waals surface area contributed by atoms with Crippen molar-refractivity contribution in [2.24, 2.45) is 5.92 Å². The molecular formula is C11H15ClN2O4S. The van der Waals surface area contributed by atoms with Crippen molar-refractivity contribution in [2.75, 3.05) is 19.8 Å². The average Bonchev–Trinajstić information content (AvgIpc) is 2.41. The van der Waals surface area contributed by atoms with Gasteiger partial charge in [-0.2, -0.15) is 0 Å². The molecule has 0 radical (unpaired) electrons. The minimum Gasteiger partial charge on any atom is -0.381 e. The van der Waals surface area contributed by atoms with Crippen molar-refractivity contribution in [2.45, 2.75) is 17.7 Å². The molecule has 1 aromatic rings. The molecule has 2 rings (SSSR count). The van der Waals surface area contributed by atoms with E-state index in [0.29, 0.717) is 13.2 Å². The monoisotopic (exact) mass is 306 g/mol. The Bertz CT molecular complexity index is 593. The van der Waals surface area contributed by atoms with Crippen LogP contribution in [0, 0.1) is 5.92 Å². The maximum absolute atomic E-state index is 12.0. The molecule has 1 atom stereocenters. The molecule has 1 aliphatic heterocycles. The van der Waals surface area contributed by atoms with Gasteiger partial charge in [-0.3, -0.25) is 4.79 Å². The van der Waals surface area contributed by atoms with Crippen LogP contribution in [0.2, 0.25) is 5.02 Å². The summed E-state index contributed by atoms with van der Waals surface area (Å²) in [4.78, 5) is 13.3. The summed E-state index contributed by atoms with van der Waals surface area (Å²) in [5.74, 6) is 0.182. The Kier molecular flexibility index (Phi) is 4.62. The number of hydrogen-bond acceptors (Lipinski definition) is 4. The summed E-state index contributed by atoms with van der Waals surface area (Å²) in [5, 5.41) is -0.149. The number of rotatable bonds is 4. The van der Waals surface area contributed by atoms with E-state index in [1.165, 1.54) is 0 Å². The summed E-state index contributed by atoms with van der Waals surface area (Å²) in [5.41, 5.74) is -0.513. The number of ether oxygens (including phenoxy) is 1. The number of aromatic amines is 1. The Morgan fingerprint density at radius 2 is 2.32 bits per heavy atom. The zero-order valence-corrected chi connectivity index (χ0v) is 11.8. The van der Waals surface area contributed by atoms with Crippen molar-refractivity contribution >= 4 is 21.6 Å². The predicted octanol–water partition coefficient (Wildman–Crippen LogP) is 0.733. The van der Waals surface area contributed by atoms with Crippen LogP contribution in [0.15, 0.2) is 22.0 Å². The standard InChI is InChI=1S/C11H15ClN2O4S/c12-10-4-9(6-13-11(10)15)19(16,17)14-5-8-2-1-3-18-7-8/h4,6,8,14H,1-3,5,7H2,(H,13,15). The molecule has 0 bridgehead atoms. The summed E-state index contributed by atoms with van der Waals surface area (Å²) < 4.78 is 31.8. The fraction of sp³-hybridized carbons (Fsp3) is 0.545. The first kappa shape index (κ1) is 14.5. The SMILES string of the molecule is O=c1[nH]cc(S(=O)(=O)NCC2CCCOC2)cc1Cl. The second-order valence-electron chi connectivity index (χ2n) is 4.45. The van der Waals surface area contributed by atoms with E-state index in [2.05, 4.69) is 9.71 Å². The van der Waals surface area contributed by atoms with Crippen LogP contribution in [0.5, 0.6) is 0 Å². The van der Waals surface area contributed by atoms with Gasteiger partial charge < -0.3 is 9.72 Å². The van der Waals surface area contributed by atoms with Crippen LogP contribution >= 0.6 is 11.6 Å². The Morgan fingerprint density at radius 1 is 1.53 bits per heavy atom. The van der Waals surface area contributed by atoms with Gasteiger partial charge in [0.1, 0.15) is 5.02 Å². The van der Waals surface area contributed by atoms with Crippen LogP contribution in [0.1, 0.15) is 12.8 Å². The average molecular weight is 307 g/mol. The fourth-order valence-electron chi connectivity index (χ4n) is 1.87. The lowest BCUT2D eigenvalue weighted by molar-refractivity contribution is 0.0568. The van der Waals surface area contributed by atoms with Gasteiger partial charge in [-0.15, -0.1) is 0 Å². The van der Waals surface area contributed by atoms with Crippen molar-refractivity contribution in [3.05, 3.63) is 27.6 Å². The Labute approximate surface area is 116 Å². The first-order valence-electron chi connectivity index (χ1n) is 5.95. The minimum absolute atomic E-state index is 0.0474. The van der Waals surface area contributed by atoms with Crippen LogP contribution in [0.4, 0.5) is 0 Å². The minimum atomic E-state index is -3.66. The second-order valence-corrected chi connectivity index (χ2v) is 6.62. The lowest BCUT2D eigenvalue weighted by Crippen LogP contribution is -2.33. The molecule has 0 spiro atoms. The lowest BCUT2D eigenvalue weighted by atomic mass is 10.0.